The van der Waals surface area contributed by atoms with Gasteiger partial charge in [0.05, 0.1) is 23.1 Å². The van der Waals surface area contributed by atoms with Gasteiger partial charge in [-0.2, -0.15) is 0 Å². The lowest BCUT2D eigenvalue weighted by Gasteiger charge is -2.24. The molecule has 0 saturated heterocycles. The Hall–Kier alpha value is -1.44. The van der Waals surface area contributed by atoms with Gasteiger partial charge in [-0.15, -0.1) is 0 Å². The number of hydrogen-bond donors (Lipinski definition) is 3. The maximum Gasteiger partial charge on any atom is 0.240 e. The highest BCUT2D eigenvalue weighted by Crippen LogP contribution is 2.37. The first-order valence-electron chi connectivity index (χ1n) is 7.99. The fourth-order valence-corrected chi connectivity index (χ4v) is 4.78. The van der Waals surface area contributed by atoms with Crippen LogP contribution in [0.5, 0.6) is 0 Å². The summed E-state index contributed by atoms with van der Waals surface area (Å²) in [5.41, 5.74) is 1.91. The van der Waals surface area contributed by atoms with E-state index in [0.29, 0.717) is 11.4 Å². The molecule has 134 valence electrons. The van der Waals surface area contributed by atoms with Crippen LogP contribution in [0.1, 0.15) is 23.5 Å². The Morgan fingerprint density at radius 3 is 2.36 bits per heavy atom. The Balaban J connectivity index is 1.93. The Kier molecular flexibility index (Phi) is 5.18. The van der Waals surface area contributed by atoms with Crippen LogP contribution >= 0.6 is 11.6 Å². The lowest BCUT2D eigenvalue weighted by Crippen LogP contribution is -2.45. The third-order valence-corrected chi connectivity index (χ3v) is 6.42. The molecule has 0 unspecified atom stereocenters. The minimum absolute atomic E-state index is 0.0639. The van der Waals surface area contributed by atoms with Crippen LogP contribution in [0.2, 0.25) is 5.02 Å². The SMILES string of the molecule is Cc1ccccc1[C@H]1C[C@@H](O)[C@@H](O)[C@@H]1NS(=O)(=O)c1ccc(Cl)cc1. The molecule has 1 aliphatic rings. The van der Waals surface area contributed by atoms with Crippen molar-refractivity contribution in [3.05, 3.63) is 64.7 Å². The zero-order valence-electron chi connectivity index (χ0n) is 13.6. The Morgan fingerprint density at radius 1 is 1.08 bits per heavy atom. The first kappa shape index (κ1) is 18.4. The second-order valence-corrected chi connectivity index (χ2v) is 8.51. The van der Waals surface area contributed by atoms with E-state index in [0.717, 1.165) is 11.1 Å². The van der Waals surface area contributed by atoms with Crippen LogP contribution in [0.25, 0.3) is 0 Å². The van der Waals surface area contributed by atoms with Crippen LogP contribution in [0.15, 0.2) is 53.4 Å². The van der Waals surface area contributed by atoms with Crippen molar-refractivity contribution in [2.75, 3.05) is 0 Å². The molecule has 3 N–H and O–H groups in total. The average molecular weight is 382 g/mol. The van der Waals surface area contributed by atoms with Crippen molar-refractivity contribution in [2.45, 2.75) is 42.4 Å². The molecule has 25 heavy (non-hydrogen) atoms. The maximum absolute atomic E-state index is 12.7. The van der Waals surface area contributed by atoms with Crippen molar-refractivity contribution >= 4 is 21.6 Å². The van der Waals surface area contributed by atoms with Crippen molar-refractivity contribution in [1.29, 1.82) is 0 Å². The molecule has 1 fully saturated rings. The molecule has 5 nitrogen and oxygen atoms in total. The summed E-state index contributed by atoms with van der Waals surface area (Å²) in [4.78, 5) is 0.0639. The maximum atomic E-state index is 12.7. The summed E-state index contributed by atoms with van der Waals surface area (Å²) < 4.78 is 27.9. The first-order chi connectivity index (χ1) is 11.8. The van der Waals surface area contributed by atoms with Gasteiger partial charge in [0.2, 0.25) is 10.0 Å². The first-order valence-corrected chi connectivity index (χ1v) is 9.85. The molecule has 4 atom stereocenters. The fourth-order valence-electron chi connectivity index (χ4n) is 3.36. The van der Waals surface area contributed by atoms with E-state index in [9.17, 15) is 18.6 Å². The molecular formula is C18H20ClNO4S. The number of rotatable bonds is 4. The Bertz CT molecular complexity index is 854. The quantitative estimate of drug-likeness (QED) is 0.757. The lowest BCUT2D eigenvalue weighted by atomic mass is 9.91. The van der Waals surface area contributed by atoms with Gasteiger partial charge in [0.15, 0.2) is 0 Å². The van der Waals surface area contributed by atoms with E-state index in [-0.39, 0.29) is 10.8 Å². The zero-order valence-corrected chi connectivity index (χ0v) is 15.2. The summed E-state index contributed by atoms with van der Waals surface area (Å²) in [6.45, 7) is 1.93. The number of nitrogens with one attached hydrogen (secondary N) is 1. The topological polar surface area (TPSA) is 86.6 Å². The number of benzene rings is 2. The van der Waals surface area contributed by atoms with E-state index in [2.05, 4.69) is 4.72 Å². The van der Waals surface area contributed by atoms with Gasteiger partial charge in [-0.05, 0) is 48.7 Å². The van der Waals surface area contributed by atoms with Crippen LogP contribution in [0.4, 0.5) is 0 Å². The van der Waals surface area contributed by atoms with E-state index in [1.807, 2.05) is 31.2 Å². The Morgan fingerprint density at radius 2 is 1.72 bits per heavy atom. The lowest BCUT2D eigenvalue weighted by molar-refractivity contribution is 0.0338. The standard InChI is InChI=1S/C18H20ClNO4S/c1-11-4-2-3-5-14(11)15-10-16(21)18(22)17(15)20-25(23,24)13-8-6-12(19)7-9-13/h2-9,15-18,20-22H,10H2,1H3/t15-,16-,17-,18-/m1/s1. The van der Waals surface area contributed by atoms with E-state index >= 15 is 0 Å². The molecule has 0 bridgehead atoms. The second kappa shape index (κ2) is 7.05. The molecule has 0 spiro atoms. The van der Waals surface area contributed by atoms with Crippen LogP contribution in [0.3, 0.4) is 0 Å². The van der Waals surface area contributed by atoms with Gasteiger partial charge in [0.25, 0.3) is 0 Å². The van der Waals surface area contributed by atoms with Crippen molar-refractivity contribution in [3.63, 3.8) is 0 Å². The summed E-state index contributed by atoms with van der Waals surface area (Å²) in [7, 11) is -3.85. The molecule has 3 rings (SSSR count). The van der Waals surface area contributed by atoms with Gasteiger partial charge < -0.3 is 10.2 Å². The van der Waals surface area contributed by atoms with E-state index < -0.39 is 28.3 Å². The van der Waals surface area contributed by atoms with Crippen molar-refractivity contribution in [2.24, 2.45) is 0 Å². The number of aliphatic hydroxyl groups excluding tert-OH is 2. The molecule has 0 radical (unpaired) electrons. The molecule has 0 heterocycles. The van der Waals surface area contributed by atoms with Gasteiger partial charge in [-0.1, -0.05) is 35.9 Å². The highest BCUT2D eigenvalue weighted by molar-refractivity contribution is 7.89. The molecule has 7 heteroatoms. The van der Waals surface area contributed by atoms with E-state index in [1.54, 1.807) is 0 Å². The largest absolute Gasteiger partial charge is 0.390 e. The van der Waals surface area contributed by atoms with Crippen molar-refractivity contribution < 1.29 is 18.6 Å². The molecule has 0 amide bonds. The zero-order chi connectivity index (χ0) is 18.2. The predicted molar refractivity (Wildman–Crippen MR) is 96.1 cm³/mol. The smallest absolute Gasteiger partial charge is 0.240 e. The van der Waals surface area contributed by atoms with Crippen LogP contribution < -0.4 is 4.72 Å². The van der Waals surface area contributed by atoms with Gasteiger partial charge in [-0.3, -0.25) is 0 Å². The summed E-state index contributed by atoms with van der Waals surface area (Å²) in [5.74, 6) is -0.312. The minimum Gasteiger partial charge on any atom is -0.390 e. The monoisotopic (exact) mass is 381 g/mol. The summed E-state index contributed by atoms with van der Waals surface area (Å²) in [5, 5.41) is 20.9. The number of aliphatic hydroxyl groups is 2. The number of hydrogen-bond acceptors (Lipinski definition) is 4. The van der Waals surface area contributed by atoms with Gasteiger partial charge >= 0.3 is 0 Å². The molecule has 2 aromatic rings. The third-order valence-electron chi connectivity index (χ3n) is 4.69. The normalized spacial score (nSPS) is 26.7. The number of aryl methyl sites for hydroxylation is 1. The second-order valence-electron chi connectivity index (χ2n) is 6.36. The summed E-state index contributed by atoms with van der Waals surface area (Å²) in [6.07, 6.45) is -1.87. The number of halogens is 1. The molecule has 1 saturated carbocycles. The van der Waals surface area contributed by atoms with Gasteiger partial charge in [-0.25, -0.2) is 13.1 Å². The predicted octanol–water partition coefficient (Wildman–Crippen LogP) is 2.20. The van der Waals surface area contributed by atoms with E-state index in [1.165, 1.54) is 24.3 Å². The summed E-state index contributed by atoms with van der Waals surface area (Å²) in [6, 6.07) is 12.6. The van der Waals surface area contributed by atoms with Crippen LogP contribution in [0, 0.1) is 6.92 Å². The van der Waals surface area contributed by atoms with Crippen molar-refractivity contribution in [3.8, 4) is 0 Å². The van der Waals surface area contributed by atoms with Crippen molar-refractivity contribution in [1.82, 2.24) is 4.72 Å². The van der Waals surface area contributed by atoms with E-state index in [4.69, 9.17) is 11.6 Å². The third kappa shape index (κ3) is 3.73. The summed E-state index contributed by atoms with van der Waals surface area (Å²) >= 11 is 5.81. The van der Waals surface area contributed by atoms with Gasteiger partial charge in [0, 0.05) is 10.9 Å². The molecule has 0 aliphatic heterocycles. The minimum atomic E-state index is -3.85. The van der Waals surface area contributed by atoms with Crippen LogP contribution in [-0.4, -0.2) is 36.9 Å². The van der Waals surface area contributed by atoms with Gasteiger partial charge in [0.1, 0.15) is 0 Å². The highest BCUT2D eigenvalue weighted by Gasteiger charge is 2.44. The fraction of sp³-hybridized carbons (Fsp3) is 0.333. The molecule has 2 aromatic carbocycles. The molecular weight excluding hydrogens is 362 g/mol. The average Bonchev–Trinajstić information content (AvgIpc) is 2.83. The number of sulfonamides is 1. The highest BCUT2D eigenvalue weighted by atomic mass is 35.5. The van der Waals surface area contributed by atoms with Crippen LogP contribution in [-0.2, 0) is 10.0 Å². The molecule has 1 aliphatic carbocycles. The Labute approximate surface area is 152 Å². The molecule has 0 aromatic heterocycles.